The van der Waals surface area contributed by atoms with Crippen molar-refractivity contribution in [2.75, 3.05) is 5.73 Å². The molecule has 0 aromatic rings. The molecule has 3 rings (SSSR count). The van der Waals surface area contributed by atoms with Gasteiger partial charge in [-0.3, -0.25) is 4.98 Å². The summed E-state index contributed by atoms with van der Waals surface area (Å²) in [5, 5.41) is 18.2. The van der Waals surface area contributed by atoms with Crippen molar-refractivity contribution < 1.29 is 0 Å². The van der Waals surface area contributed by atoms with Crippen molar-refractivity contribution in [1.82, 2.24) is 4.98 Å². The Morgan fingerprint density at radius 2 is 1.84 bits per heavy atom. The molecule has 1 heterocycles. The van der Waals surface area contributed by atoms with Crippen LogP contribution in [0.4, 0.5) is 5.69 Å². The van der Waals surface area contributed by atoms with Crippen LogP contribution in [0, 0.1) is 22.7 Å². The van der Waals surface area contributed by atoms with Crippen LogP contribution in [0.2, 0.25) is 0 Å². The molecule has 2 aliphatic carbocycles. The first-order valence-corrected chi connectivity index (χ1v) is 5.65. The molecule has 2 N–H and O–H groups in total. The van der Waals surface area contributed by atoms with Gasteiger partial charge in [0.05, 0.1) is 23.3 Å². The molecule has 0 spiro atoms. The Morgan fingerprint density at radius 3 is 2.58 bits per heavy atom. The number of aromatic nitrogens is 1. The summed E-state index contributed by atoms with van der Waals surface area (Å²) in [5.41, 5.74) is 11.0. The van der Waals surface area contributed by atoms with Crippen LogP contribution in [-0.2, 0) is 0 Å². The van der Waals surface area contributed by atoms with Crippen LogP contribution in [-0.4, -0.2) is 4.98 Å². The van der Waals surface area contributed by atoms with E-state index in [4.69, 9.17) is 11.0 Å². The van der Waals surface area contributed by atoms with Crippen LogP contribution in [0.5, 0.6) is 0 Å². The van der Waals surface area contributed by atoms with Crippen LogP contribution in [0.3, 0.4) is 0 Å². The van der Waals surface area contributed by atoms with Crippen molar-refractivity contribution >= 4 is 5.69 Å². The van der Waals surface area contributed by atoms with Crippen LogP contribution in [0.15, 0.2) is 36.7 Å². The van der Waals surface area contributed by atoms with E-state index >= 15 is 0 Å². The molecule has 0 aromatic carbocycles. The van der Waals surface area contributed by atoms with Crippen molar-refractivity contribution in [3.8, 4) is 34.4 Å². The lowest BCUT2D eigenvalue weighted by Gasteiger charge is -2.21. The fourth-order valence-corrected chi connectivity index (χ4v) is 2.31. The van der Waals surface area contributed by atoms with Gasteiger partial charge >= 0.3 is 0 Å². The lowest BCUT2D eigenvalue weighted by Crippen LogP contribution is -2.01. The summed E-state index contributed by atoms with van der Waals surface area (Å²) < 4.78 is 0. The first-order chi connectivity index (χ1) is 9.26. The third-order valence-electron chi connectivity index (χ3n) is 3.16. The zero-order valence-corrected chi connectivity index (χ0v) is 9.88. The number of hydrogen-bond donors (Lipinski definition) is 1. The van der Waals surface area contributed by atoms with Crippen LogP contribution in [0.1, 0.15) is 11.1 Å². The van der Waals surface area contributed by atoms with Crippen molar-refractivity contribution in [3.63, 3.8) is 0 Å². The summed E-state index contributed by atoms with van der Waals surface area (Å²) in [6.45, 7) is 0. The predicted octanol–water partition coefficient (Wildman–Crippen LogP) is 2.62. The number of nitrogen functional groups attached to an aromatic ring is 1. The summed E-state index contributed by atoms with van der Waals surface area (Å²) in [5.74, 6) is 0. The number of nitrogens with zero attached hydrogens (tertiary/aromatic N) is 3. The lowest BCUT2D eigenvalue weighted by molar-refractivity contribution is 1.36. The van der Waals surface area contributed by atoms with Gasteiger partial charge in [0, 0.05) is 34.8 Å². The summed E-state index contributed by atoms with van der Waals surface area (Å²) in [6.07, 6.45) is 3.32. The van der Waals surface area contributed by atoms with Gasteiger partial charge in [-0.05, 0) is 23.8 Å². The molecule has 0 aromatic heterocycles. The predicted molar refractivity (Wildman–Crippen MR) is 71.3 cm³/mol. The minimum Gasteiger partial charge on any atom is -0.398 e. The molecule has 0 bridgehead atoms. The molecule has 3 aliphatic rings. The molecular formula is C15H8N4. The normalized spacial score (nSPS) is 10.2. The van der Waals surface area contributed by atoms with E-state index in [1.54, 1.807) is 30.6 Å². The van der Waals surface area contributed by atoms with E-state index in [1.807, 2.05) is 6.07 Å². The number of anilines is 1. The van der Waals surface area contributed by atoms with Crippen molar-refractivity contribution in [2.45, 2.75) is 0 Å². The first-order valence-electron chi connectivity index (χ1n) is 5.65. The Labute approximate surface area is 110 Å². The molecule has 0 amide bonds. The minimum atomic E-state index is 0.452. The minimum absolute atomic E-state index is 0.452. The SMILES string of the molecule is N#Cc1ccc2c3c(N)ccncc-3c-2c(C#N)c1. The van der Waals surface area contributed by atoms with Crippen molar-refractivity contribution in [2.24, 2.45) is 0 Å². The topological polar surface area (TPSA) is 86.5 Å². The molecule has 0 unspecified atom stereocenters. The van der Waals surface area contributed by atoms with Crippen LogP contribution >= 0.6 is 0 Å². The van der Waals surface area contributed by atoms with E-state index in [0.717, 1.165) is 22.3 Å². The first kappa shape index (κ1) is 11.0. The van der Waals surface area contributed by atoms with Gasteiger partial charge < -0.3 is 5.73 Å². The number of nitriles is 2. The van der Waals surface area contributed by atoms with Gasteiger partial charge in [-0.25, -0.2) is 0 Å². The maximum Gasteiger partial charge on any atom is 0.0998 e. The van der Waals surface area contributed by atoms with Gasteiger partial charge in [0.2, 0.25) is 0 Å². The third kappa shape index (κ3) is 1.48. The molecule has 1 aliphatic heterocycles. The van der Waals surface area contributed by atoms with Gasteiger partial charge in [0.25, 0.3) is 0 Å². The molecule has 0 saturated heterocycles. The second-order valence-electron chi connectivity index (χ2n) is 4.20. The van der Waals surface area contributed by atoms with E-state index < -0.39 is 0 Å². The van der Waals surface area contributed by atoms with E-state index in [9.17, 15) is 5.26 Å². The average Bonchev–Trinajstić information content (AvgIpc) is 2.65. The number of nitrogens with two attached hydrogens (primary N) is 1. The van der Waals surface area contributed by atoms with Gasteiger partial charge in [-0.1, -0.05) is 6.07 Å². The van der Waals surface area contributed by atoms with Gasteiger partial charge in [-0.2, -0.15) is 10.5 Å². The second kappa shape index (κ2) is 3.97. The standard InChI is InChI=1S/C15H8N4/c16-6-9-1-2-11-14(10(5-9)7-17)12-8-19-4-3-13(18)15(11)12/h1-5,8H,18H2. The zero-order valence-electron chi connectivity index (χ0n) is 9.88. The Hall–Kier alpha value is -3.11. The zero-order chi connectivity index (χ0) is 13.4. The highest BCUT2D eigenvalue weighted by Crippen LogP contribution is 2.50. The molecule has 4 heteroatoms. The summed E-state index contributed by atoms with van der Waals surface area (Å²) >= 11 is 0. The lowest BCUT2D eigenvalue weighted by atomic mass is 9.81. The Bertz CT molecular complexity index is 808. The molecule has 0 fully saturated rings. The number of fused-ring (bicyclic) bond motifs is 4. The molecule has 88 valence electrons. The third-order valence-corrected chi connectivity index (χ3v) is 3.16. The Kier molecular flexibility index (Phi) is 2.30. The van der Waals surface area contributed by atoms with E-state index in [1.165, 1.54) is 0 Å². The smallest absolute Gasteiger partial charge is 0.0998 e. The highest BCUT2D eigenvalue weighted by molar-refractivity contribution is 6.08. The fraction of sp³-hybridized carbons (Fsp3) is 0. The quantitative estimate of drug-likeness (QED) is 0.658. The van der Waals surface area contributed by atoms with E-state index in [2.05, 4.69) is 17.1 Å². The monoisotopic (exact) mass is 244 g/mol. The van der Waals surface area contributed by atoms with Crippen molar-refractivity contribution in [3.05, 3.63) is 47.8 Å². The Balaban J connectivity index is 2.48. The van der Waals surface area contributed by atoms with Crippen LogP contribution in [0.25, 0.3) is 22.3 Å². The van der Waals surface area contributed by atoms with Crippen molar-refractivity contribution in [1.29, 1.82) is 10.5 Å². The molecule has 0 saturated carbocycles. The number of hydrogen-bond acceptors (Lipinski definition) is 4. The summed E-state index contributed by atoms with van der Waals surface area (Å²) in [4.78, 5) is 4.10. The van der Waals surface area contributed by atoms with Gasteiger partial charge in [0.1, 0.15) is 0 Å². The van der Waals surface area contributed by atoms with Gasteiger partial charge in [0.15, 0.2) is 0 Å². The number of rotatable bonds is 0. The maximum atomic E-state index is 9.25. The van der Waals surface area contributed by atoms with Gasteiger partial charge in [-0.15, -0.1) is 0 Å². The molecule has 19 heavy (non-hydrogen) atoms. The largest absolute Gasteiger partial charge is 0.398 e. The average molecular weight is 244 g/mol. The summed E-state index contributed by atoms with van der Waals surface area (Å²) in [7, 11) is 0. The highest BCUT2D eigenvalue weighted by atomic mass is 14.7. The Morgan fingerprint density at radius 1 is 1.00 bits per heavy atom. The second-order valence-corrected chi connectivity index (χ2v) is 4.20. The summed E-state index contributed by atoms with van der Waals surface area (Å²) in [6, 6.07) is 11.0. The highest BCUT2D eigenvalue weighted by Gasteiger charge is 2.26. The van der Waals surface area contributed by atoms with Crippen LogP contribution < -0.4 is 5.73 Å². The molecule has 0 radical (unpaired) electrons. The fourth-order valence-electron chi connectivity index (χ4n) is 2.31. The molecular weight excluding hydrogens is 236 g/mol. The van der Waals surface area contributed by atoms with E-state index in [0.29, 0.717) is 16.8 Å². The maximum absolute atomic E-state index is 9.25. The molecule has 0 atom stereocenters. The van der Waals surface area contributed by atoms with E-state index in [-0.39, 0.29) is 0 Å². The molecule has 4 nitrogen and oxygen atoms in total.